The molecular formula is C12H10BrN3O3. The summed E-state index contributed by atoms with van der Waals surface area (Å²) in [5.41, 5.74) is -0.276. The third-order valence-corrected chi connectivity index (χ3v) is 3.01. The van der Waals surface area contributed by atoms with Gasteiger partial charge in [-0.05, 0) is 28.1 Å². The van der Waals surface area contributed by atoms with Crippen LogP contribution in [0.5, 0.6) is 0 Å². The summed E-state index contributed by atoms with van der Waals surface area (Å²) in [5, 5.41) is 2.68. The molecular weight excluding hydrogens is 314 g/mol. The molecule has 1 aromatic carbocycles. The zero-order valence-corrected chi connectivity index (χ0v) is 11.3. The van der Waals surface area contributed by atoms with Crippen LogP contribution in [0.1, 0.15) is 5.69 Å². The maximum atomic E-state index is 11.8. The van der Waals surface area contributed by atoms with Crippen LogP contribution in [0.15, 0.2) is 44.4 Å². The molecule has 7 heteroatoms. The number of hydrogen-bond donors (Lipinski definition) is 3. The first-order chi connectivity index (χ1) is 9.04. The van der Waals surface area contributed by atoms with Crippen LogP contribution in [0.25, 0.3) is 0 Å². The molecule has 0 fully saturated rings. The Balaban J connectivity index is 2.12. The van der Waals surface area contributed by atoms with Gasteiger partial charge in [-0.15, -0.1) is 0 Å². The molecule has 0 aliphatic carbocycles. The minimum absolute atomic E-state index is 0.0828. The Hall–Kier alpha value is -2.15. The summed E-state index contributed by atoms with van der Waals surface area (Å²) in [5.74, 6) is -0.326. The Labute approximate surface area is 116 Å². The lowest BCUT2D eigenvalue weighted by molar-refractivity contribution is -0.115. The molecule has 0 unspecified atom stereocenters. The topological polar surface area (TPSA) is 94.8 Å². The van der Waals surface area contributed by atoms with Gasteiger partial charge in [0.25, 0.3) is 5.56 Å². The van der Waals surface area contributed by atoms with Crippen molar-refractivity contribution in [3.8, 4) is 0 Å². The molecule has 2 aromatic rings. The number of rotatable bonds is 3. The second-order valence-corrected chi connectivity index (χ2v) is 4.67. The van der Waals surface area contributed by atoms with Gasteiger partial charge in [0.05, 0.1) is 12.1 Å². The lowest BCUT2D eigenvalue weighted by Gasteiger charge is -2.06. The Bertz CT molecular complexity index is 692. The van der Waals surface area contributed by atoms with E-state index in [1.807, 2.05) is 11.1 Å². The standard InChI is InChI=1S/C12H10BrN3O3/c13-8-3-1-2-4-9(8)15-10(17)5-7-6-11(18)16-12(19)14-7/h1-4,6H,5H2,(H,15,17)(H2,14,16,18,19). The summed E-state index contributed by atoms with van der Waals surface area (Å²) in [6, 6.07) is 8.33. The largest absolute Gasteiger partial charge is 0.325 e. The molecule has 19 heavy (non-hydrogen) atoms. The highest BCUT2D eigenvalue weighted by Crippen LogP contribution is 2.21. The van der Waals surface area contributed by atoms with E-state index in [-0.39, 0.29) is 18.0 Å². The number of aromatic amines is 2. The van der Waals surface area contributed by atoms with Gasteiger partial charge in [-0.2, -0.15) is 0 Å². The fourth-order valence-corrected chi connectivity index (χ4v) is 1.93. The highest BCUT2D eigenvalue weighted by Gasteiger charge is 2.07. The molecule has 1 aromatic heterocycles. The SMILES string of the molecule is O=C(Cc1cc(=O)[nH]c(=O)[nH]1)Nc1ccccc1Br. The van der Waals surface area contributed by atoms with E-state index in [1.165, 1.54) is 6.07 Å². The molecule has 98 valence electrons. The Morgan fingerprint density at radius 2 is 1.95 bits per heavy atom. The summed E-state index contributed by atoms with van der Waals surface area (Å²) < 4.78 is 0.753. The summed E-state index contributed by atoms with van der Waals surface area (Å²) >= 11 is 3.31. The lowest BCUT2D eigenvalue weighted by atomic mass is 10.2. The third-order valence-electron chi connectivity index (χ3n) is 2.32. The van der Waals surface area contributed by atoms with Crippen molar-refractivity contribution in [2.75, 3.05) is 5.32 Å². The highest BCUT2D eigenvalue weighted by atomic mass is 79.9. The summed E-state index contributed by atoms with van der Waals surface area (Å²) in [7, 11) is 0. The number of para-hydroxylation sites is 1. The number of halogens is 1. The number of H-pyrrole nitrogens is 2. The normalized spacial score (nSPS) is 10.2. The van der Waals surface area contributed by atoms with Crippen molar-refractivity contribution in [2.45, 2.75) is 6.42 Å². The predicted molar refractivity (Wildman–Crippen MR) is 74.2 cm³/mol. The van der Waals surface area contributed by atoms with Crippen molar-refractivity contribution < 1.29 is 4.79 Å². The zero-order valence-electron chi connectivity index (χ0n) is 9.70. The molecule has 0 spiro atoms. The zero-order chi connectivity index (χ0) is 13.8. The minimum Gasteiger partial charge on any atom is -0.325 e. The second kappa shape index (κ2) is 5.66. The van der Waals surface area contributed by atoms with Crippen LogP contribution in [0, 0.1) is 0 Å². The van der Waals surface area contributed by atoms with Crippen LogP contribution in [-0.2, 0) is 11.2 Å². The monoisotopic (exact) mass is 323 g/mol. The van der Waals surface area contributed by atoms with Crippen molar-refractivity contribution in [2.24, 2.45) is 0 Å². The number of hydrogen-bond acceptors (Lipinski definition) is 3. The van der Waals surface area contributed by atoms with Crippen LogP contribution >= 0.6 is 15.9 Å². The first kappa shape index (κ1) is 13.3. The Morgan fingerprint density at radius 1 is 1.21 bits per heavy atom. The van der Waals surface area contributed by atoms with Gasteiger partial charge in [0.1, 0.15) is 0 Å². The lowest BCUT2D eigenvalue weighted by Crippen LogP contribution is -2.25. The molecule has 0 radical (unpaired) electrons. The van der Waals surface area contributed by atoms with Crippen molar-refractivity contribution in [1.82, 2.24) is 9.97 Å². The molecule has 0 saturated heterocycles. The molecule has 0 aliphatic rings. The number of anilines is 1. The Morgan fingerprint density at radius 3 is 2.63 bits per heavy atom. The van der Waals surface area contributed by atoms with E-state index in [0.29, 0.717) is 5.69 Å². The van der Waals surface area contributed by atoms with Crippen molar-refractivity contribution in [3.63, 3.8) is 0 Å². The smallest absolute Gasteiger partial charge is 0.325 e. The van der Waals surface area contributed by atoms with Gasteiger partial charge in [-0.3, -0.25) is 14.6 Å². The van der Waals surface area contributed by atoms with E-state index in [9.17, 15) is 14.4 Å². The molecule has 2 rings (SSSR count). The molecule has 0 saturated carbocycles. The van der Waals surface area contributed by atoms with Gasteiger partial charge in [0.2, 0.25) is 5.91 Å². The minimum atomic E-state index is -0.629. The first-order valence-electron chi connectivity index (χ1n) is 5.41. The van der Waals surface area contributed by atoms with E-state index in [0.717, 1.165) is 4.47 Å². The van der Waals surface area contributed by atoms with Gasteiger partial charge in [-0.1, -0.05) is 12.1 Å². The van der Waals surface area contributed by atoms with Crippen LogP contribution in [-0.4, -0.2) is 15.9 Å². The fourth-order valence-electron chi connectivity index (χ4n) is 1.54. The van der Waals surface area contributed by atoms with Crippen LogP contribution in [0.2, 0.25) is 0 Å². The van der Waals surface area contributed by atoms with E-state index < -0.39 is 11.2 Å². The number of benzene rings is 1. The fraction of sp³-hybridized carbons (Fsp3) is 0.0833. The van der Waals surface area contributed by atoms with Crippen LogP contribution in [0.3, 0.4) is 0 Å². The molecule has 1 amide bonds. The van der Waals surface area contributed by atoms with Crippen molar-refractivity contribution >= 4 is 27.5 Å². The van der Waals surface area contributed by atoms with Crippen molar-refractivity contribution in [3.05, 3.63) is 61.3 Å². The number of carbonyl (C=O) groups is 1. The van der Waals surface area contributed by atoms with Gasteiger partial charge >= 0.3 is 5.69 Å². The average molecular weight is 324 g/mol. The second-order valence-electron chi connectivity index (χ2n) is 3.82. The molecule has 0 atom stereocenters. The maximum absolute atomic E-state index is 11.8. The van der Waals surface area contributed by atoms with Gasteiger partial charge in [0, 0.05) is 16.2 Å². The van der Waals surface area contributed by atoms with Crippen LogP contribution in [0.4, 0.5) is 5.69 Å². The third kappa shape index (κ3) is 3.65. The molecule has 3 N–H and O–H groups in total. The number of nitrogens with one attached hydrogen (secondary N) is 3. The van der Waals surface area contributed by atoms with E-state index in [4.69, 9.17) is 0 Å². The summed E-state index contributed by atoms with van der Waals surface area (Å²) in [4.78, 5) is 38.4. The number of amides is 1. The molecule has 6 nitrogen and oxygen atoms in total. The molecule has 0 aliphatic heterocycles. The Kier molecular flexibility index (Phi) is 3.96. The quantitative estimate of drug-likeness (QED) is 0.786. The van der Waals surface area contributed by atoms with Gasteiger partial charge in [0.15, 0.2) is 0 Å². The van der Waals surface area contributed by atoms with Gasteiger partial charge in [-0.25, -0.2) is 4.79 Å². The number of aromatic nitrogens is 2. The maximum Gasteiger partial charge on any atom is 0.325 e. The summed E-state index contributed by atoms with van der Waals surface area (Å²) in [6.07, 6.45) is -0.0828. The van der Waals surface area contributed by atoms with Crippen LogP contribution < -0.4 is 16.6 Å². The van der Waals surface area contributed by atoms with E-state index in [2.05, 4.69) is 26.2 Å². The first-order valence-corrected chi connectivity index (χ1v) is 6.21. The molecule has 1 heterocycles. The molecule has 0 bridgehead atoms. The van der Waals surface area contributed by atoms with E-state index >= 15 is 0 Å². The highest BCUT2D eigenvalue weighted by molar-refractivity contribution is 9.10. The van der Waals surface area contributed by atoms with Crippen molar-refractivity contribution in [1.29, 1.82) is 0 Å². The summed E-state index contributed by atoms with van der Waals surface area (Å²) in [6.45, 7) is 0. The predicted octanol–water partition coefficient (Wildman–Crippen LogP) is 1.01. The van der Waals surface area contributed by atoms with Gasteiger partial charge < -0.3 is 10.3 Å². The number of carbonyl (C=O) groups excluding carboxylic acids is 1. The van der Waals surface area contributed by atoms with E-state index in [1.54, 1.807) is 18.2 Å². The average Bonchev–Trinajstić information content (AvgIpc) is 2.30.